The van der Waals surface area contributed by atoms with Crippen LogP contribution in [0.15, 0.2) is 28.7 Å². The Morgan fingerprint density at radius 3 is 2.59 bits per heavy atom. The van der Waals surface area contributed by atoms with E-state index < -0.39 is 0 Å². The smallest absolute Gasteiger partial charge is 0.274 e. The molecular weight excluding hydrogens is 426 g/mol. The second-order valence-electron chi connectivity index (χ2n) is 7.10. The summed E-state index contributed by atoms with van der Waals surface area (Å²) in [6.45, 7) is 9.09. The normalized spacial score (nSPS) is 15.1. The summed E-state index contributed by atoms with van der Waals surface area (Å²) in [6, 6.07) is 8.29. The molecule has 6 nitrogen and oxygen atoms in total. The number of fused-ring (bicyclic) bond motifs is 1. The molecule has 0 bridgehead atoms. The van der Waals surface area contributed by atoms with Crippen molar-refractivity contribution < 1.29 is 4.79 Å². The van der Waals surface area contributed by atoms with E-state index in [1.54, 1.807) is 11.3 Å². The number of carbonyl (C=O) groups is 1. The van der Waals surface area contributed by atoms with Crippen molar-refractivity contribution in [3.63, 3.8) is 0 Å². The molecule has 1 aromatic carbocycles. The summed E-state index contributed by atoms with van der Waals surface area (Å²) in [5.41, 5.74) is 2.58. The molecule has 0 atom stereocenters. The number of aryl methyl sites for hydroxylation is 1. The molecular formula is C19H22BrN5OS. The van der Waals surface area contributed by atoms with Crippen molar-refractivity contribution in [2.24, 2.45) is 0 Å². The van der Waals surface area contributed by atoms with Crippen LogP contribution < -0.4 is 4.90 Å². The second kappa shape index (κ2) is 7.24. The molecule has 1 aliphatic rings. The minimum atomic E-state index is 0.0189. The maximum atomic E-state index is 12.8. The van der Waals surface area contributed by atoms with Crippen LogP contribution >= 0.6 is 27.3 Å². The van der Waals surface area contributed by atoms with Crippen molar-refractivity contribution in [2.45, 2.75) is 26.8 Å². The SMILES string of the molecule is Cc1cc(C(=O)N2CCN(c3nc4ccc(Br)cc4s3)CC2)nn1C(C)C. The molecule has 3 aromatic rings. The van der Waals surface area contributed by atoms with Gasteiger partial charge in [0.2, 0.25) is 0 Å². The standard InChI is InChI=1S/C19H22BrN5OS/c1-12(2)25-13(3)10-16(22-25)18(26)23-6-8-24(9-7-23)19-21-15-5-4-14(20)11-17(15)27-19/h4-5,10-12H,6-9H2,1-3H3. The summed E-state index contributed by atoms with van der Waals surface area (Å²) < 4.78 is 4.15. The maximum Gasteiger partial charge on any atom is 0.274 e. The Labute approximate surface area is 170 Å². The van der Waals surface area contributed by atoms with Crippen molar-refractivity contribution in [1.29, 1.82) is 0 Å². The Kier molecular flexibility index (Phi) is 4.94. The highest BCUT2D eigenvalue weighted by Gasteiger charge is 2.26. The van der Waals surface area contributed by atoms with Crippen LogP contribution in [0.2, 0.25) is 0 Å². The fourth-order valence-electron chi connectivity index (χ4n) is 3.40. The Morgan fingerprint density at radius 1 is 1.19 bits per heavy atom. The molecule has 0 spiro atoms. The third-order valence-electron chi connectivity index (χ3n) is 4.81. The predicted octanol–water partition coefficient (Wildman–Crippen LogP) is 4.11. The highest BCUT2D eigenvalue weighted by molar-refractivity contribution is 9.10. The van der Waals surface area contributed by atoms with Gasteiger partial charge in [0.1, 0.15) is 0 Å². The molecule has 0 N–H and O–H groups in total. The zero-order chi connectivity index (χ0) is 19.1. The highest BCUT2D eigenvalue weighted by atomic mass is 79.9. The van der Waals surface area contributed by atoms with Crippen LogP contribution in [0.5, 0.6) is 0 Å². The Morgan fingerprint density at radius 2 is 1.93 bits per heavy atom. The van der Waals surface area contributed by atoms with E-state index in [1.165, 1.54) is 4.70 Å². The third kappa shape index (κ3) is 3.60. The van der Waals surface area contributed by atoms with Crippen molar-refractivity contribution in [2.75, 3.05) is 31.1 Å². The van der Waals surface area contributed by atoms with E-state index in [9.17, 15) is 4.79 Å². The first-order valence-electron chi connectivity index (χ1n) is 9.09. The molecule has 8 heteroatoms. The van der Waals surface area contributed by atoms with Gasteiger partial charge in [0.25, 0.3) is 5.91 Å². The van der Waals surface area contributed by atoms with E-state index >= 15 is 0 Å². The molecule has 2 aromatic heterocycles. The van der Waals surface area contributed by atoms with E-state index in [2.05, 4.69) is 45.8 Å². The predicted molar refractivity (Wildman–Crippen MR) is 113 cm³/mol. The van der Waals surface area contributed by atoms with E-state index in [0.717, 1.165) is 33.9 Å². The fraction of sp³-hybridized carbons (Fsp3) is 0.421. The van der Waals surface area contributed by atoms with Gasteiger partial charge in [0.05, 0.1) is 10.2 Å². The van der Waals surface area contributed by atoms with Crippen LogP contribution in [0.3, 0.4) is 0 Å². The number of rotatable bonds is 3. The summed E-state index contributed by atoms with van der Waals surface area (Å²) in [5.74, 6) is 0.0189. The van der Waals surface area contributed by atoms with Crippen molar-refractivity contribution in [3.8, 4) is 0 Å². The van der Waals surface area contributed by atoms with Gasteiger partial charge in [-0.15, -0.1) is 0 Å². The summed E-state index contributed by atoms with van der Waals surface area (Å²) in [4.78, 5) is 21.7. The van der Waals surface area contributed by atoms with Crippen molar-refractivity contribution in [1.82, 2.24) is 19.7 Å². The molecule has 0 aliphatic carbocycles. The van der Waals surface area contributed by atoms with Gasteiger partial charge in [-0.2, -0.15) is 5.10 Å². The lowest BCUT2D eigenvalue weighted by atomic mass is 10.2. The molecule has 27 heavy (non-hydrogen) atoms. The first-order valence-corrected chi connectivity index (χ1v) is 10.7. The Bertz CT molecular complexity index is 987. The summed E-state index contributed by atoms with van der Waals surface area (Å²) in [7, 11) is 0. The topological polar surface area (TPSA) is 54.3 Å². The van der Waals surface area contributed by atoms with Gasteiger partial charge >= 0.3 is 0 Å². The van der Waals surface area contributed by atoms with Crippen LogP contribution in [-0.4, -0.2) is 51.8 Å². The number of hydrogen-bond donors (Lipinski definition) is 0. The number of amides is 1. The van der Waals surface area contributed by atoms with Gasteiger partial charge in [-0.1, -0.05) is 27.3 Å². The van der Waals surface area contributed by atoms with E-state index in [1.807, 2.05) is 34.7 Å². The fourth-order valence-corrected chi connectivity index (χ4v) is 4.97. The van der Waals surface area contributed by atoms with Gasteiger partial charge in [0, 0.05) is 42.4 Å². The summed E-state index contributed by atoms with van der Waals surface area (Å²) in [6.07, 6.45) is 0. The third-order valence-corrected chi connectivity index (χ3v) is 6.38. The molecule has 0 radical (unpaired) electrons. The maximum absolute atomic E-state index is 12.8. The molecule has 0 unspecified atom stereocenters. The Hall–Kier alpha value is -1.93. The van der Waals surface area contributed by atoms with Crippen LogP contribution in [0.1, 0.15) is 36.1 Å². The number of nitrogens with zero attached hydrogens (tertiary/aromatic N) is 5. The zero-order valence-corrected chi connectivity index (χ0v) is 18.0. The van der Waals surface area contributed by atoms with Crippen LogP contribution in [0.4, 0.5) is 5.13 Å². The second-order valence-corrected chi connectivity index (χ2v) is 9.02. The lowest BCUT2D eigenvalue weighted by Crippen LogP contribution is -2.48. The zero-order valence-electron chi connectivity index (χ0n) is 15.6. The number of piperazine rings is 1. The largest absolute Gasteiger partial charge is 0.345 e. The molecule has 1 aliphatic heterocycles. The van der Waals surface area contributed by atoms with Gasteiger partial charge in [-0.3, -0.25) is 9.48 Å². The molecule has 142 valence electrons. The number of benzene rings is 1. The molecule has 1 saturated heterocycles. The molecule has 1 fully saturated rings. The number of hydrogen-bond acceptors (Lipinski definition) is 5. The number of aromatic nitrogens is 3. The van der Waals surface area contributed by atoms with Crippen LogP contribution in [-0.2, 0) is 0 Å². The van der Waals surface area contributed by atoms with E-state index in [0.29, 0.717) is 18.8 Å². The monoisotopic (exact) mass is 447 g/mol. The molecule has 3 heterocycles. The van der Waals surface area contributed by atoms with E-state index in [-0.39, 0.29) is 11.9 Å². The number of thiazole rings is 1. The van der Waals surface area contributed by atoms with Crippen molar-refractivity contribution in [3.05, 3.63) is 40.1 Å². The average Bonchev–Trinajstić information content (AvgIpc) is 3.24. The number of anilines is 1. The highest BCUT2D eigenvalue weighted by Crippen LogP contribution is 2.31. The Balaban J connectivity index is 1.45. The molecule has 4 rings (SSSR count). The molecule has 0 saturated carbocycles. The quantitative estimate of drug-likeness (QED) is 0.605. The van der Waals surface area contributed by atoms with Crippen LogP contribution in [0.25, 0.3) is 10.2 Å². The average molecular weight is 448 g/mol. The lowest BCUT2D eigenvalue weighted by Gasteiger charge is -2.34. The summed E-state index contributed by atoms with van der Waals surface area (Å²) in [5, 5.41) is 5.52. The van der Waals surface area contributed by atoms with Crippen molar-refractivity contribution >= 4 is 48.5 Å². The van der Waals surface area contributed by atoms with Gasteiger partial charge in [-0.05, 0) is 45.0 Å². The first kappa shape index (κ1) is 18.4. The summed E-state index contributed by atoms with van der Waals surface area (Å²) >= 11 is 5.21. The first-order chi connectivity index (χ1) is 12.9. The number of halogens is 1. The van der Waals surface area contributed by atoms with Gasteiger partial charge in [-0.25, -0.2) is 4.98 Å². The van der Waals surface area contributed by atoms with Gasteiger partial charge in [0.15, 0.2) is 10.8 Å². The van der Waals surface area contributed by atoms with E-state index in [4.69, 9.17) is 4.98 Å². The van der Waals surface area contributed by atoms with Gasteiger partial charge < -0.3 is 9.80 Å². The minimum Gasteiger partial charge on any atom is -0.345 e. The van der Waals surface area contributed by atoms with Crippen LogP contribution in [0, 0.1) is 6.92 Å². The molecule has 1 amide bonds. The number of carbonyl (C=O) groups excluding carboxylic acids is 1. The lowest BCUT2D eigenvalue weighted by molar-refractivity contribution is 0.0739. The minimum absolute atomic E-state index is 0.0189.